The average molecular weight is 407 g/mol. The first kappa shape index (κ1) is 19.0. The van der Waals surface area contributed by atoms with Crippen LogP contribution in [0, 0.1) is 11.3 Å². The van der Waals surface area contributed by atoms with Crippen molar-refractivity contribution < 1.29 is 18.0 Å². The van der Waals surface area contributed by atoms with Gasteiger partial charge in [0.2, 0.25) is 0 Å². The van der Waals surface area contributed by atoms with Crippen molar-refractivity contribution in [3.8, 4) is 6.07 Å². The van der Waals surface area contributed by atoms with Crippen LogP contribution in [0.1, 0.15) is 10.4 Å². The number of thiophene rings is 1. The fourth-order valence-corrected chi connectivity index (χ4v) is 3.81. The Morgan fingerprint density at radius 2 is 1.93 bits per heavy atom. The first-order chi connectivity index (χ1) is 12.8. The van der Waals surface area contributed by atoms with Gasteiger partial charge in [0.15, 0.2) is 0 Å². The average Bonchev–Trinajstić information content (AvgIpc) is 2.95. The van der Waals surface area contributed by atoms with Gasteiger partial charge in [-0.1, -0.05) is 35.9 Å². The van der Waals surface area contributed by atoms with Crippen LogP contribution in [0.25, 0.3) is 16.2 Å². The summed E-state index contributed by atoms with van der Waals surface area (Å²) < 4.78 is 39.2. The maximum Gasteiger partial charge on any atom is 0.416 e. The molecule has 1 N–H and O–H groups in total. The minimum Gasteiger partial charge on any atom is -0.321 e. The molecule has 3 aromatic rings. The predicted molar refractivity (Wildman–Crippen MR) is 100 cm³/mol. The Kier molecular flexibility index (Phi) is 5.22. The molecule has 8 heteroatoms. The fourth-order valence-electron chi connectivity index (χ4n) is 2.38. The molecule has 0 fully saturated rings. The molecule has 0 saturated carbocycles. The van der Waals surface area contributed by atoms with E-state index in [2.05, 4.69) is 5.32 Å². The minimum absolute atomic E-state index is 0.0570. The Hall–Kier alpha value is -2.82. The van der Waals surface area contributed by atoms with E-state index in [1.54, 1.807) is 6.07 Å². The van der Waals surface area contributed by atoms with Gasteiger partial charge in [-0.25, -0.2) is 0 Å². The first-order valence-corrected chi connectivity index (χ1v) is 8.76. The summed E-state index contributed by atoms with van der Waals surface area (Å²) in [5.74, 6) is -0.814. The lowest BCUT2D eigenvalue weighted by atomic mass is 10.1. The van der Waals surface area contributed by atoms with Crippen LogP contribution in [0.15, 0.2) is 54.1 Å². The van der Waals surface area contributed by atoms with Crippen molar-refractivity contribution in [2.45, 2.75) is 6.18 Å². The van der Waals surface area contributed by atoms with Crippen molar-refractivity contribution in [3.63, 3.8) is 0 Å². The van der Waals surface area contributed by atoms with E-state index in [0.29, 0.717) is 9.90 Å². The maximum atomic E-state index is 12.8. The lowest BCUT2D eigenvalue weighted by Gasteiger charge is -2.09. The number of nitriles is 1. The Morgan fingerprint density at radius 1 is 1.19 bits per heavy atom. The molecule has 0 spiro atoms. The number of carbonyl (C=O) groups excluding carboxylic acids is 1. The Labute approximate surface area is 161 Å². The van der Waals surface area contributed by atoms with Gasteiger partial charge in [-0.3, -0.25) is 4.79 Å². The summed E-state index contributed by atoms with van der Waals surface area (Å²) in [6.45, 7) is 0. The lowest BCUT2D eigenvalue weighted by molar-refractivity contribution is -0.137. The third-order valence-electron chi connectivity index (χ3n) is 3.65. The molecule has 3 nitrogen and oxygen atoms in total. The van der Waals surface area contributed by atoms with Crippen LogP contribution in [0.4, 0.5) is 18.9 Å². The Morgan fingerprint density at radius 3 is 2.59 bits per heavy atom. The molecule has 1 heterocycles. The molecule has 0 aliphatic rings. The molecule has 0 radical (unpaired) electrons. The van der Waals surface area contributed by atoms with Crippen molar-refractivity contribution in [2.75, 3.05) is 5.32 Å². The normalized spacial score (nSPS) is 12.0. The molecular weight excluding hydrogens is 397 g/mol. The number of benzene rings is 2. The number of nitrogens with one attached hydrogen (secondary N) is 1. The highest BCUT2D eigenvalue weighted by atomic mass is 35.5. The lowest BCUT2D eigenvalue weighted by Crippen LogP contribution is -2.14. The zero-order valence-corrected chi connectivity index (χ0v) is 15.0. The van der Waals surface area contributed by atoms with Crippen LogP contribution in [0.3, 0.4) is 0 Å². The van der Waals surface area contributed by atoms with Crippen molar-refractivity contribution >= 4 is 50.7 Å². The molecule has 1 aromatic heterocycles. The third kappa shape index (κ3) is 4.13. The van der Waals surface area contributed by atoms with Gasteiger partial charge in [0.25, 0.3) is 5.91 Å². The maximum absolute atomic E-state index is 12.8. The number of hydrogen-bond donors (Lipinski definition) is 1. The van der Waals surface area contributed by atoms with E-state index >= 15 is 0 Å². The topological polar surface area (TPSA) is 52.9 Å². The molecular formula is C19H10ClF3N2OS. The first-order valence-electron chi connectivity index (χ1n) is 7.57. The second-order valence-corrected chi connectivity index (χ2v) is 6.94. The van der Waals surface area contributed by atoms with Crippen LogP contribution < -0.4 is 5.32 Å². The quantitative estimate of drug-likeness (QED) is 0.421. The number of nitrogens with zero attached hydrogens (tertiary/aromatic N) is 1. The number of fused-ring (bicyclic) bond motifs is 1. The molecule has 0 saturated heterocycles. The van der Waals surface area contributed by atoms with Gasteiger partial charge in [-0.05, 0) is 30.3 Å². The standard InChI is InChI=1S/C19H10ClF3N2OS/c20-17-14-6-1-2-7-15(14)27-16(17)8-11(10-24)18(26)25-13-5-3-4-12(9-13)19(21,22)23/h1-9H,(H,25,26). The Bertz CT molecular complexity index is 1100. The van der Waals surface area contributed by atoms with Gasteiger partial charge < -0.3 is 5.32 Å². The number of rotatable bonds is 3. The summed E-state index contributed by atoms with van der Waals surface area (Å²) in [5.41, 5.74) is -1.21. The molecule has 27 heavy (non-hydrogen) atoms. The second kappa shape index (κ2) is 7.43. The monoisotopic (exact) mass is 406 g/mol. The van der Waals surface area contributed by atoms with Crippen molar-refractivity contribution in [1.82, 2.24) is 0 Å². The highest BCUT2D eigenvalue weighted by molar-refractivity contribution is 7.20. The molecule has 0 aliphatic carbocycles. The minimum atomic E-state index is -4.53. The van der Waals surface area contributed by atoms with Gasteiger partial charge in [0, 0.05) is 20.7 Å². The van der Waals surface area contributed by atoms with Crippen LogP contribution in [-0.2, 0) is 11.0 Å². The van der Waals surface area contributed by atoms with Crippen molar-refractivity contribution in [3.05, 3.63) is 69.6 Å². The van der Waals surface area contributed by atoms with E-state index in [0.717, 1.165) is 22.2 Å². The van der Waals surface area contributed by atoms with E-state index in [1.165, 1.54) is 29.5 Å². The van der Waals surface area contributed by atoms with Crippen LogP contribution in [0.5, 0.6) is 0 Å². The van der Waals surface area contributed by atoms with Gasteiger partial charge in [-0.15, -0.1) is 11.3 Å². The summed E-state index contributed by atoms with van der Waals surface area (Å²) >= 11 is 7.60. The summed E-state index contributed by atoms with van der Waals surface area (Å²) in [4.78, 5) is 12.8. The van der Waals surface area contributed by atoms with Crippen molar-refractivity contribution in [1.29, 1.82) is 5.26 Å². The molecule has 0 atom stereocenters. The molecule has 3 rings (SSSR count). The zero-order chi connectivity index (χ0) is 19.6. The van der Waals surface area contributed by atoms with Gasteiger partial charge >= 0.3 is 6.18 Å². The van der Waals surface area contributed by atoms with Gasteiger partial charge in [0.1, 0.15) is 11.6 Å². The third-order valence-corrected chi connectivity index (χ3v) is 5.29. The summed E-state index contributed by atoms with van der Waals surface area (Å²) in [6.07, 6.45) is -3.20. The van der Waals surface area contributed by atoms with Crippen LogP contribution in [0.2, 0.25) is 5.02 Å². The Balaban J connectivity index is 1.89. The number of halogens is 4. The molecule has 136 valence electrons. The molecule has 0 bridgehead atoms. The van der Waals surface area contributed by atoms with Crippen LogP contribution >= 0.6 is 22.9 Å². The molecule has 0 unspecified atom stereocenters. The number of hydrogen-bond acceptors (Lipinski definition) is 3. The van der Waals surface area contributed by atoms with E-state index in [1.807, 2.05) is 24.3 Å². The number of carbonyl (C=O) groups is 1. The largest absolute Gasteiger partial charge is 0.416 e. The molecule has 1 amide bonds. The number of amides is 1. The molecule has 2 aromatic carbocycles. The fraction of sp³-hybridized carbons (Fsp3) is 0.0526. The molecule has 0 aliphatic heterocycles. The highest BCUT2D eigenvalue weighted by Crippen LogP contribution is 2.36. The predicted octanol–water partition coefficient (Wildman–Crippen LogP) is 6.12. The highest BCUT2D eigenvalue weighted by Gasteiger charge is 2.30. The van der Waals surface area contributed by atoms with E-state index in [4.69, 9.17) is 11.6 Å². The van der Waals surface area contributed by atoms with Crippen LogP contribution in [-0.4, -0.2) is 5.91 Å². The second-order valence-electron chi connectivity index (χ2n) is 5.48. The van der Waals surface area contributed by atoms with E-state index in [-0.39, 0.29) is 11.3 Å². The smallest absolute Gasteiger partial charge is 0.321 e. The zero-order valence-electron chi connectivity index (χ0n) is 13.5. The number of alkyl halides is 3. The van der Waals surface area contributed by atoms with Gasteiger partial charge in [-0.2, -0.15) is 18.4 Å². The van der Waals surface area contributed by atoms with Crippen molar-refractivity contribution in [2.24, 2.45) is 0 Å². The van der Waals surface area contributed by atoms with E-state index < -0.39 is 17.6 Å². The summed E-state index contributed by atoms with van der Waals surface area (Å²) in [7, 11) is 0. The van der Waals surface area contributed by atoms with E-state index in [9.17, 15) is 23.2 Å². The SMILES string of the molecule is N#CC(=Cc1sc2ccccc2c1Cl)C(=O)Nc1cccc(C(F)(F)F)c1. The summed E-state index contributed by atoms with van der Waals surface area (Å²) in [6, 6.07) is 13.3. The van der Waals surface area contributed by atoms with Gasteiger partial charge in [0.05, 0.1) is 10.6 Å². The summed E-state index contributed by atoms with van der Waals surface area (Å²) in [5, 5.41) is 12.8. The number of anilines is 1.